The maximum Gasteiger partial charge on any atom is 0.196 e. The minimum absolute atomic E-state index is 0.00916. The Hall–Kier alpha value is -2.16. The van der Waals surface area contributed by atoms with Gasteiger partial charge in [-0.15, -0.1) is 0 Å². The Kier molecular flexibility index (Phi) is 5.79. The molecule has 3 aromatic heterocycles. The second kappa shape index (κ2) is 8.46. The molecule has 3 aromatic rings. The Bertz CT molecular complexity index is 984. The first-order valence-corrected chi connectivity index (χ1v) is 10.1. The first-order valence-electron chi connectivity index (χ1n) is 9.32. The van der Waals surface area contributed by atoms with E-state index in [0.717, 1.165) is 30.3 Å². The van der Waals surface area contributed by atoms with Gasteiger partial charge >= 0.3 is 0 Å². The number of nitrogens with zero attached hydrogens (tertiary/aromatic N) is 4. The number of ketones is 1. The molecule has 0 saturated carbocycles. The predicted molar refractivity (Wildman–Crippen MR) is 107 cm³/mol. The molecule has 1 saturated heterocycles. The van der Waals surface area contributed by atoms with Gasteiger partial charge in [0, 0.05) is 46.8 Å². The topological polar surface area (TPSA) is 79.1 Å². The Labute approximate surface area is 171 Å². The molecule has 0 bridgehead atoms. The van der Waals surface area contributed by atoms with E-state index >= 15 is 0 Å². The average molecular weight is 445 g/mol. The summed E-state index contributed by atoms with van der Waals surface area (Å²) in [4.78, 5) is 25.7. The number of aromatic nitrogens is 4. The van der Waals surface area contributed by atoms with Crippen LogP contribution in [0.1, 0.15) is 48.1 Å². The molecule has 7 nitrogen and oxygen atoms in total. The third-order valence-corrected chi connectivity index (χ3v) is 5.28. The van der Waals surface area contributed by atoms with Gasteiger partial charge in [-0.2, -0.15) is 0 Å². The highest BCUT2D eigenvalue weighted by atomic mass is 79.9. The summed E-state index contributed by atoms with van der Waals surface area (Å²) < 4.78 is 14.3. The molecule has 1 unspecified atom stereocenters. The normalized spacial score (nSPS) is 18.3. The molecule has 0 aliphatic carbocycles. The summed E-state index contributed by atoms with van der Waals surface area (Å²) in [5.74, 6) is -0.115. The zero-order valence-corrected chi connectivity index (χ0v) is 17.1. The largest absolute Gasteiger partial charge is 0.353 e. The molecule has 1 aliphatic heterocycles. The molecule has 1 fully saturated rings. The number of hydrogen-bond acceptors (Lipinski definition) is 6. The van der Waals surface area contributed by atoms with Gasteiger partial charge in [0.25, 0.3) is 0 Å². The van der Waals surface area contributed by atoms with Crippen LogP contribution in [0.5, 0.6) is 0 Å². The van der Waals surface area contributed by atoms with Crippen molar-refractivity contribution >= 4 is 32.7 Å². The first kappa shape index (κ1) is 19.2. The number of carbonyl (C=O) groups is 1. The standard InChI is InChI=1S/C20H21BrN4O3/c1-13(11-28-18-4-2-3-5-27-18)25-10-17(16-9-23-12-24-20(16)25)19(26)14-6-15(21)8-22-7-14/h6-10,12-13,18H,2-5,11H2,1H3/t13-,18?/m0/s1. The van der Waals surface area contributed by atoms with Crippen molar-refractivity contribution in [3.05, 3.63) is 52.8 Å². The van der Waals surface area contributed by atoms with E-state index in [1.165, 1.54) is 6.33 Å². The Morgan fingerprint density at radius 1 is 1.36 bits per heavy atom. The minimum atomic E-state index is -0.151. The Morgan fingerprint density at radius 3 is 3.04 bits per heavy atom. The average Bonchev–Trinajstić information content (AvgIpc) is 3.12. The Balaban J connectivity index is 1.61. The van der Waals surface area contributed by atoms with E-state index in [4.69, 9.17) is 9.47 Å². The lowest BCUT2D eigenvalue weighted by Gasteiger charge is -2.24. The van der Waals surface area contributed by atoms with Crippen molar-refractivity contribution < 1.29 is 14.3 Å². The SMILES string of the molecule is C[C@@H](COC1CCCCO1)n1cc(C(=O)c2cncc(Br)c2)c2cncnc21. The van der Waals surface area contributed by atoms with Crippen LogP contribution in [0.4, 0.5) is 0 Å². The highest BCUT2D eigenvalue weighted by Gasteiger charge is 2.22. The molecule has 8 heteroatoms. The first-order chi connectivity index (χ1) is 13.6. The van der Waals surface area contributed by atoms with Crippen LogP contribution in [0.3, 0.4) is 0 Å². The molecule has 0 N–H and O–H groups in total. The second-order valence-electron chi connectivity index (χ2n) is 6.91. The number of pyridine rings is 1. The van der Waals surface area contributed by atoms with Crippen LogP contribution in [0, 0.1) is 0 Å². The summed E-state index contributed by atoms with van der Waals surface area (Å²) in [6.07, 6.45) is 11.2. The fourth-order valence-electron chi connectivity index (χ4n) is 3.37. The van der Waals surface area contributed by atoms with E-state index in [2.05, 4.69) is 30.9 Å². The van der Waals surface area contributed by atoms with Crippen molar-refractivity contribution in [1.82, 2.24) is 19.5 Å². The smallest absolute Gasteiger partial charge is 0.196 e. The molecular weight excluding hydrogens is 424 g/mol. The molecule has 146 valence electrons. The highest BCUT2D eigenvalue weighted by Crippen LogP contribution is 2.26. The van der Waals surface area contributed by atoms with Crippen molar-refractivity contribution in [2.45, 2.75) is 38.5 Å². The lowest BCUT2D eigenvalue weighted by atomic mass is 10.1. The van der Waals surface area contributed by atoms with Gasteiger partial charge in [0.05, 0.1) is 18.2 Å². The fourth-order valence-corrected chi connectivity index (χ4v) is 3.73. The summed E-state index contributed by atoms with van der Waals surface area (Å²) in [6.45, 7) is 3.27. The number of hydrogen-bond donors (Lipinski definition) is 0. The van der Waals surface area contributed by atoms with E-state index in [1.807, 2.05) is 17.7 Å². The van der Waals surface area contributed by atoms with Crippen molar-refractivity contribution in [1.29, 1.82) is 0 Å². The van der Waals surface area contributed by atoms with Crippen molar-refractivity contribution in [3.8, 4) is 0 Å². The van der Waals surface area contributed by atoms with Crippen LogP contribution in [0.15, 0.2) is 41.7 Å². The third-order valence-electron chi connectivity index (χ3n) is 4.84. The molecule has 1 aliphatic rings. The summed E-state index contributed by atoms with van der Waals surface area (Å²) in [6, 6.07) is 1.75. The van der Waals surface area contributed by atoms with E-state index in [-0.39, 0.29) is 18.1 Å². The molecule has 28 heavy (non-hydrogen) atoms. The van der Waals surface area contributed by atoms with Gasteiger partial charge < -0.3 is 14.0 Å². The zero-order valence-electron chi connectivity index (χ0n) is 15.5. The van der Waals surface area contributed by atoms with Crippen molar-refractivity contribution in [3.63, 3.8) is 0 Å². The molecule has 0 radical (unpaired) electrons. The van der Waals surface area contributed by atoms with Crippen LogP contribution in [0.2, 0.25) is 0 Å². The maximum atomic E-state index is 13.1. The van der Waals surface area contributed by atoms with Gasteiger partial charge in [0.15, 0.2) is 12.1 Å². The van der Waals surface area contributed by atoms with Crippen LogP contribution < -0.4 is 0 Å². The number of halogens is 1. The van der Waals surface area contributed by atoms with Crippen LogP contribution in [-0.4, -0.2) is 44.8 Å². The number of ether oxygens (including phenoxy) is 2. The van der Waals surface area contributed by atoms with Gasteiger partial charge in [-0.25, -0.2) is 9.97 Å². The van der Waals surface area contributed by atoms with Gasteiger partial charge in [-0.1, -0.05) is 0 Å². The van der Waals surface area contributed by atoms with Crippen LogP contribution in [0.25, 0.3) is 11.0 Å². The Morgan fingerprint density at radius 2 is 2.25 bits per heavy atom. The summed E-state index contributed by atoms with van der Waals surface area (Å²) >= 11 is 3.37. The maximum absolute atomic E-state index is 13.1. The van der Waals surface area contributed by atoms with Crippen LogP contribution >= 0.6 is 15.9 Å². The molecule has 0 amide bonds. The summed E-state index contributed by atoms with van der Waals surface area (Å²) in [5, 5.41) is 0.716. The molecule has 4 rings (SSSR count). The number of carbonyl (C=O) groups excluding carboxylic acids is 1. The molecule has 2 atom stereocenters. The van der Waals surface area contributed by atoms with Gasteiger partial charge in [-0.3, -0.25) is 9.78 Å². The predicted octanol–water partition coefficient (Wildman–Crippen LogP) is 3.92. The lowest BCUT2D eigenvalue weighted by molar-refractivity contribution is -0.166. The fraction of sp³-hybridized carbons (Fsp3) is 0.400. The van der Waals surface area contributed by atoms with Gasteiger partial charge in [0.2, 0.25) is 0 Å². The molecular formula is C20H21BrN4O3. The third kappa shape index (κ3) is 3.99. The minimum Gasteiger partial charge on any atom is -0.353 e. The van der Waals surface area contributed by atoms with E-state index in [0.29, 0.717) is 28.8 Å². The molecule has 0 spiro atoms. The quantitative estimate of drug-likeness (QED) is 0.535. The van der Waals surface area contributed by atoms with Gasteiger partial charge in [-0.05, 0) is 48.2 Å². The molecule has 4 heterocycles. The number of fused-ring (bicyclic) bond motifs is 1. The van der Waals surface area contributed by atoms with Crippen molar-refractivity contribution in [2.75, 3.05) is 13.2 Å². The van der Waals surface area contributed by atoms with Crippen LogP contribution in [-0.2, 0) is 9.47 Å². The molecule has 0 aromatic carbocycles. The summed E-state index contributed by atoms with van der Waals surface area (Å²) in [5.41, 5.74) is 1.77. The highest BCUT2D eigenvalue weighted by molar-refractivity contribution is 9.10. The van der Waals surface area contributed by atoms with E-state index < -0.39 is 0 Å². The number of rotatable bonds is 6. The zero-order chi connectivity index (χ0) is 19.5. The van der Waals surface area contributed by atoms with E-state index in [9.17, 15) is 4.79 Å². The van der Waals surface area contributed by atoms with Gasteiger partial charge in [0.1, 0.15) is 12.0 Å². The summed E-state index contributed by atoms with van der Waals surface area (Å²) in [7, 11) is 0. The van der Waals surface area contributed by atoms with Crippen molar-refractivity contribution in [2.24, 2.45) is 0 Å². The van der Waals surface area contributed by atoms with E-state index in [1.54, 1.807) is 24.7 Å². The second-order valence-corrected chi connectivity index (χ2v) is 7.83. The monoisotopic (exact) mass is 444 g/mol. The lowest BCUT2D eigenvalue weighted by Crippen LogP contribution is -2.25.